The lowest BCUT2D eigenvalue weighted by Gasteiger charge is -2.07. The van der Waals surface area contributed by atoms with Crippen LogP contribution in [0.25, 0.3) is 0 Å². The summed E-state index contributed by atoms with van der Waals surface area (Å²) >= 11 is 0. The highest BCUT2D eigenvalue weighted by Gasteiger charge is 2.21. The van der Waals surface area contributed by atoms with Crippen molar-refractivity contribution in [1.82, 2.24) is 9.78 Å². The highest BCUT2D eigenvalue weighted by atomic mass is 16.5. The third-order valence-electron chi connectivity index (χ3n) is 1.91. The summed E-state index contributed by atoms with van der Waals surface area (Å²) in [4.78, 5) is 11.5. The molecule has 0 bridgehead atoms. The fourth-order valence-corrected chi connectivity index (χ4v) is 1.21. The van der Waals surface area contributed by atoms with Gasteiger partial charge in [0.1, 0.15) is 11.4 Å². The molecule has 0 aliphatic carbocycles. The van der Waals surface area contributed by atoms with Gasteiger partial charge in [0.25, 0.3) is 0 Å². The number of nitrogen functional groups attached to an aromatic ring is 1. The lowest BCUT2D eigenvalue weighted by molar-refractivity contribution is 0.0603. The van der Waals surface area contributed by atoms with Gasteiger partial charge in [-0.05, 0) is 13.8 Å². The molecule has 0 fully saturated rings. The van der Waals surface area contributed by atoms with Gasteiger partial charge in [0.2, 0.25) is 0 Å². The number of hydrogen-bond donors (Lipinski definition) is 2. The number of methoxy groups -OCH3 is 1. The molecule has 0 amide bonds. The SMILES string of the molecule is COC(=O)c1c(NC(C)C)nn(C)c1N. The van der Waals surface area contributed by atoms with Gasteiger partial charge in [0, 0.05) is 13.1 Å². The minimum atomic E-state index is -0.483. The van der Waals surface area contributed by atoms with Crippen LogP contribution in [0.2, 0.25) is 0 Å². The Morgan fingerprint density at radius 2 is 2.20 bits per heavy atom. The van der Waals surface area contributed by atoms with Crippen LogP contribution < -0.4 is 11.1 Å². The Morgan fingerprint density at radius 3 is 2.67 bits per heavy atom. The van der Waals surface area contributed by atoms with E-state index in [2.05, 4.69) is 15.2 Å². The second-order valence-corrected chi connectivity index (χ2v) is 3.52. The maximum Gasteiger partial charge on any atom is 0.345 e. The number of ether oxygens (including phenoxy) is 1. The van der Waals surface area contributed by atoms with Crippen molar-refractivity contribution in [2.45, 2.75) is 19.9 Å². The number of nitrogens with one attached hydrogen (secondary N) is 1. The van der Waals surface area contributed by atoms with E-state index in [4.69, 9.17) is 5.73 Å². The molecule has 1 heterocycles. The molecule has 0 unspecified atom stereocenters. The molecule has 0 aliphatic heterocycles. The first-order valence-electron chi connectivity index (χ1n) is 4.64. The molecular weight excluding hydrogens is 196 g/mol. The molecule has 6 nitrogen and oxygen atoms in total. The lowest BCUT2D eigenvalue weighted by Crippen LogP contribution is -2.14. The van der Waals surface area contributed by atoms with Crippen molar-refractivity contribution in [2.24, 2.45) is 7.05 Å². The number of hydrogen-bond acceptors (Lipinski definition) is 5. The quantitative estimate of drug-likeness (QED) is 0.717. The average Bonchev–Trinajstić information content (AvgIpc) is 2.41. The summed E-state index contributed by atoms with van der Waals surface area (Å²) in [7, 11) is 2.99. The predicted molar refractivity (Wildman–Crippen MR) is 57.7 cm³/mol. The maximum atomic E-state index is 11.5. The van der Waals surface area contributed by atoms with E-state index >= 15 is 0 Å². The first kappa shape index (κ1) is 11.4. The standard InChI is InChI=1S/C9H16N4O2/c1-5(2)11-8-6(9(14)15-4)7(10)13(3)12-8/h5H,10H2,1-4H3,(H,11,12). The van der Waals surface area contributed by atoms with E-state index in [-0.39, 0.29) is 11.6 Å². The van der Waals surface area contributed by atoms with Gasteiger partial charge >= 0.3 is 5.97 Å². The van der Waals surface area contributed by atoms with Gasteiger partial charge in [-0.15, -0.1) is 0 Å². The molecule has 1 rings (SSSR count). The molecule has 6 heteroatoms. The topological polar surface area (TPSA) is 82.2 Å². The lowest BCUT2D eigenvalue weighted by atomic mass is 10.3. The second-order valence-electron chi connectivity index (χ2n) is 3.52. The molecule has 84 valence electrons. The normalized spacial score (nSPS) is 10.5. The number of nitrogens with two attached hydrogens (primary N) is 1. The van der Waals surface area contributed by atoms with Crippen molar-refractivity contribution in [2.75, 3.05) is 18.2 Å². The summed E-state index contributed by atoms with van der Waals surface area (Å²) in [6, 6.07) is 0.169. The van der Waals surface area contributed by atoms with E-state index in [1.54, 1.807) is 7.05 Å². The molecule has 0 radical (unpaired) electrons. The van der Waals surface area contributed by atoms with Gasteiger partial charge in [0.15, 0.2) is 5.82 Å². The number of aryl methyl sites for hydroxylation is 1. The number of aromatic nitrogens is 2. The van der Waals surface area contributed by atoms with Crippen LogP contribution in [0.4, 0.5) is 11.6 Å². The van der Waals surface area contributed by atoms with E-state index in [0.29, 0.717) is 11.6 Å². The first-order valence-corrected chi connectivity index (χ1v) is 4.64. The third-order valence-corrected chi connectivity index (χ3v) is 1.91. The zero-order valence-electron chi connectivity index (χ0n) is 9.37. The van der Waals surface area contributed by atoms with Gasteiger partial charge in [0.05, 0.1) is 7.11 Å². The van der Waals surface area contributed by atoms with Crippen LogP contribution in [0.3, 0.4) is 0 Å². The average molecular weight is 212 g/mol. The highest BCUT2D eigenvalue weighted by Crippen LogP contribution is 2.22. The van der Waals surface area contributed by atoms with Crippen molar-refractivity contribution in [1.29, 1.82) is 0 Å². The smallest absolute Gasteiger partial charge is 0.345 e. The van der Waals surface area contributed by atoms with Crippen LogP contribution in [0.5, 0.6) is 0 Å². The van der Waals surface area contributed by atoms with Crippen molar-refractivity contribution in [3.63, 3.8) is 0 Å². The fourth-order valence-electron chi connectivity index (χ4n) is 1.21. The number of carbonyl (C=O) groups is 1. The van der Waals surface area contributed by atoms with Gasteiger partial charge in [-0.25, -0.2) is 4.79 Å². The Hall–Kier alpha value is -1.72. The van der Waals surface area contributed by atoms with Crippen LogP contribution in [-0.2, 0) is 11.8 Å². The summed E-state index contributed by atoms with van der Waals surface area (Å²) in [6.45, 7) is 3.90. The van der Waals surface area contributed by atoms with E-state index in [9.17, 15) is 4.79 Å². The molecule has 0 atom stereocenters. The number of nitrogens with zero attached hydrogens (tertiary/aromatic N) is 2. The summed E-state index contributed by atoms with van der Waals surface area (Å²) in [5.41, 5.74) is 6.00. The van der Waals surface area contributed by atoms with Crippen LogP contribution in [-0.4, -0.2) is 28.9 Å². The zero-order valence-corrected chi connectivity index (χ0v) is 9.37. The number of rotatable bonds is 3. The predicted octanol–water partition coefficient (Wildman–Crippen LogP) is 0.609. The third kappa shape index (κ3) is 2.20. The van der Waals surface area contributed by atoms with Gasteiger partial charge in [-0.2, -0.15) is 5.10 Å². The van der Waals surface area contributed by atoms with Crippen LogP contribution in [0.15, 0.2) is 0 Å². The Morgan fingerprint density at radius 1 is 1.60 bits per heavy atom. The van der Waals surface area contributed by atoms with Gasteiger partial charge in [-0.3, -0.25) is 4.68 Å². The molecule has 1 aromatic heterocycles. The van der Waals surface area contributed by atoms with E-state index < -0.39 is 5.97 Å². The Kier molecular flexibility index (Phi) is 3.18. The summed E-state index contributed by atoms with van der Waals surface area (Å²) in [5, 5.41) is 7.14. The molecule has 3 N–H and O–H groups in total. The van der Waals surface area contributed by atoms with Crippen LogP contribution in [0, 0.1) is 0 Å². The van der Waals surface area contributed by atoms with Gasteiger partial charge < -0.3 is 15.8 Å². The zero-order chi connectivity index (χ0) is 11.6. The van der Waals surface area contributed by atoms with Crippen LogP contribution >= 0.6 is 0 Å². The molecular formula is C9H16N4O2. The van der Waals surface area contributed by atoms with Crippen LogP contribution in [0.1, 0.15) is 24.2 Å². The largest absolute Gasteiger partial charge is 0.465 e. The molecule has 0 aromatic carbocycles. The number of esters is 1. The van der Waals surface area contributed by atoms with E-state index in [1.165, 1.54) is 11.8 Å². The molecule has 0 saturated carbocycles. The second kappa shape index (κ2) is 4.20. The van der Waals surface area contributed by atoms with Gasteiger partial charge in [-0.1, -0.05) is 0 Å². The first-order chi connectivity index (χ1) is 6.97. The summed E-state index contributed by atoms with van der Waals surface area (Å²) < 4.78 is 6.08. The molecule has 1 aromatic rings. The number of carbonyl (C=O) groups excluding carboxylic acids is 1. The Labute approximate surface area is 88.4 Å². The summed E-state index contributed by atoms with van der Waals surface area (Å²) in [6.07, 6.45) is 0. The molecule has 0 aliphatic rings. The van der Waals surface area contributed by atoms with Crippen molar-refractivity contribution >= 4 is 17.6 Å². The van der Waals surface area contributed by atoms with E-state index in [1.807, 2.05) is 13.8 Å². The molecule has 0 spiro atoms. The Balaban J connectivity index is 3.15. The highest BCUT2D eigenvalue weighted by molar-refractivity contribution is 5.99. The van der Waals surface area contributed by atoms with E-state index in [0.717, 1.165) is 0 Å². The Bertz CT molecular complexity index is 370. The number of anilines is 2. The minimum absolute atomic E-state index is 0.169. The minimum Gasteiger partial charge on any atom is -0.465 e. The van der Waals surface area contributed by atoms with Crippen molar-refractivity contribution in [3.05, 3.63) is 5.56 Å². The maximum absolute atomic E-state index is 11.5. The van der Waals surface area contributed by atoms with Crippen molar-refractivity contribution in [3.8, 4) is 0 Å². The fraction of sp³-hybridized carbons (Fsp3) is 0.556. The monoisotopic (exact) mass is 212 g/mol. The van der Waals surface area contributed by atoms with Crippen molar-refractivity contribution < 1.29 is 9.53 Å². The molecule has 15 heavy (non-hydrogen) atoms. The molecule has 0 saturated heterocycles. The summed E-state index contributed by atoms with van der Waals surface area (Å²) in [5.74, 6) is 0.269.